The molecule has 1 heterocycles. The van der Waals surface area contributed by atoms with Crippen LogP contribution in [0.1, 0.15) is 30.9 Å². The first-order valence-corrected chi connectivity index (χ1v) is 8.99. The molecule has 0 amide bonds. The molecule has 6 heteroatoms. The number of hydrogen-bond acceptors (Lipinski definition) is 3. The van der Waals surface area contributed by atoms with Gasteiger partial charge in [-0.2, -0.15) is 0 Å². The average molecular weight is 314 g/mol. The predicted molar refractivity (Wildman–Crippen MR) is 82.0 cm³/mol. The van der Waals surface area contributed by atoms with E-state index < -0.39 is 10.0 Å². The molecule has 2 rings (SSSR count). The molecule has 1 N–H and O–H groups in total. The summed E-state index contributed by atoms with van der Waals surface area (Å²) >= 11 is 0. The summed E-state index contributed by atoms with van der Waals surface area (Å²) < 4.78 is 38.4. The fourth-order valence-electron chi connectivity index (χ4n) is 2.61. The largest absolute Gasteiger partial charge is 0.310 e. The molecule has 1 aromatic rings. The van der Waals surface area contributed by atoms with Crippen molar-refractivity contribution in [2.24, 2.45) is 0 Å². The summed E-state index contributed by atoms with van der Waals surface area (Å²) in [5.41, 5.74) is 2.02. The van der Waals surface area contributed by atoms with Crippen LogP contribution in [0.3, 0.4) is 0 Å². The first kappa shape index (κ1) is 16.4. The summed E-state index contributed by atoms with van der Waals surface area (Å²) in [6.07, 6.45) is 1.60. The summed E-state index contributed by atoms with van der Waals surface area (Å²) in [5, 5.41) is 3.41. The van der Waals surface area contributed by atoms with Gasteiger partial charge in [-0.1, -0.05) is 6.07 Å². The number of piperidine rings is 1. The Kier molecular flexibility index (Phi) is 5.35. The zero-order valence-corrected chi connectivity index (χ0v) is 13.4. The van der Waals surface area contributed by atoms with Gasteiger partial charge in [-0.15, -0.1) is 0 Å². The Bertz CT molecular complexity index is 581. The minimum absolute atomic E-state index is 0.160. The van der Waals surface area contributed by atoms with Crippen LogP contribution in [0.4, 0.5) is 4.39 Å². The third kappa shape index (κ3) is 4.25. The van der Waals surface area contributed by atoms with E-state index in [0.717, 1.165) is 24.0 Å². The highest BCUT2D eigenvalue weighted by Gasteiger charge is 2.26. The van der Waals surface area contributed by atoms with Gasteiger partial charge in [-0.3, -0.25) is 0 Å². The molecule has 1 fully saturated rings. The molecule has 4 nitrogen and oxygen atoms in total. The summed E-state index contributed by atoms with van der Waals surface area (Å²) in [4.78, 5) is 0. The lowest BCUT2D eigenvalue weighted by Gasteiger charge is -2.31. The average Bonchev–Trinajstić information content (AvgIpc) is 2.48. The van der Waals surface area contributed by atoms with E-state index in [0.29, 0.717) is 19.6 Å². The van der Waals surface area contributed by atoms with Crippen LogP contribution in [0.15, 0.2) is 18.2 Å². The van der Waals surface area contributed by atoms with Gasteiger partial charge < -0.3 is 5.32 Å². The van der Waals surface area contributed by atoms with Gasteiger partial charge in [0.15, 0.2) is 0 Å². The number of nitrogens with zero attached hydrogens (tertiary/aromatic N) is 1. The lowest BCUT2D eigenvalue weighted by molar-refractivity contribution is 0.289. The smallest absolute Gasteiger partial charge is 0.213 e. The Hall–Kier alpha value is -0.980. The predicted octanol–water partition coefficient (Wildman–Crippen LogP) is 2.04. The van der Waals surface area contributed by atoms with Gasteiger partial charge in [0.2, 0.25) is 10.0 Å². The molecule has 0 aliphatic carbocycles. The molecular weight excluding hydrogens is 291 g/mol. The fourth-order valence-corrected chi connectivity index (χ4v) is 3.74. The van der Waals surface area contributed by atoms with Crippen LogP contribution < -0.4 is 5.32 Å². The van der Waals surface area contributed by atoms with E-state index in [1.807, 2.05) is 6.92 Å². The van der Waals surface area contributed by atoms with Crippen molar-refractivity contribution in [3.05, 3.63) is 35.1 Å². The monoisotopic (exact) mass is 314 g/mol. The zero-order chi connectivity index (χ0) is 15.5. The summed E-state index contributed by atoms with van der Waals surface area (Å²) in [5.74, 6) is -0.0608. The first-order chi connectivity index (χ1) is 9.92. The van der Waals surface area contributed by atoms with Crippen molar-refractivity contribution in [1.29, 1.82) is 0 Å². The summed E-state index contributed by atoms with van der Waals surface area (Å²) in [6, 6.07) is 5.09. The molecule has 21 heavy (non-hydrogen) atoms. The van der Waals surface area contributed by atoms with Crippen molar-refractivity contribution in [2.45, 2.75) is 39.3 Å². The molecule has 1 aromatic carbocycles. The zero-order valence-electron chi connectivity index (χ0n) is 12.6. The van der Waals surface area contributed by atoms with E-state index in [-0.39, 0.29) is 17.6 Å². The Morgan fingerprint density at radius 2 is 2.00 bits per heavy atom. The Morgan fingerprint density at radius 3 is 2.62 bits per heavy atom. The SMILES string of the molecule is CCS(=O)(=O)N1CCC(NCc2cc(F)ccc2C)CC1. The van der Waals surface area contributed by atoms with Crippen LogP contribution in [0.25, 0.3) is 0 Å². The molecule has 1 aliphatic heterocycles. The van der Waals surface area contributed by atoms with Crippen molar-refractivity contribution < 1.29 is 12.8 Å². The molecule has 0 aromatic heterocycles. The van der Waals surface area contributed by atoms with Crippen molar-refractivity contribution in [3.8, 4) is 0 Å². The topological polar surface area (TPSA) is 49.4 Å². The third-order valence-electron chi connectivity index (χ3n) is 4.10. The summed E-state index contributed by atoms with van der Waals surface area (Å²) in [7, 11) is -3.07. The van der Waals surface area contributed by atoms with Crippen LogP contribution >= 0.6 is 0 Å². The molecule has 1 aliphatic rings. The van der Waals surface area contributed by atoms with Crippen LogP contribution in [0.5, 0.6) is 0 Å². The normalized spacial score (nSPS) is 18.0. The van der Waals surface area contributed by atoms with E-state index in [9.17, 15) is 12.8 Å². The second-order valence-electron chi connectivity index (χ2n) is 5.53. The van der Waals surface area contributed by atoms with Crippen LogP contribution in [0, 0.1) is 12.7 Å². The Morgan fingerprint density at radius 1 is 1.33 bits per heavy atom. The van der Waals surface area contributed by atoms with Crippen LogP contribution in [-0.2, 0) is 16.6 Å². The van der Waals surface area contributed by atoms with Gasteiger partial charge in [-0.05, 0) is 49.9 Å². The maximum absolute atomic E-state index is 13.2. The lowest BCUT2D eigenvalue weighted by atomic mass is 10.0. The molecule has 0 unspecified atom stereocenters. The van der Waals surface area contributed by atoms with Gasteiger partial charge >= 0.3 is 0 Å². The van der Waals surface area contributed by atoms with E-state index in [1.165, 1.54) is 6.07 Å². The Labute approximate surface area is 126 Å². The van der Waals surface area contributed by atoms with E-state index in [4.69, 9.17) is 0 Å². The highest BCUT2D eigenvalue weighted by atomic mass is 32.2. The second kappa shape index (κ2) is 6.85. The van der Waals surface area contributed by atoms with Crippen molar-refractivity contribution >= 4 is 10.0 Å². The van der Waals surface area contributed by atoms with Gasteiger partial charge in [0.25, 0.3) is 0 Å². The maximum atomic E-state index is 13.2. The standard InChI is InChI=1S/C15H23FN2O2S/c1-3-21(19,20)18-8-6-15(7-9-18)17-11-13-10-14(16)5-4-12(13)2/h4-5,10,15,17H,3,6-9,11H2,1-2H3. The van der Waals surface area contributed by atoms with Crippen molar-refractivity contribution in [2.75, 3.05) is 18.8 Å². The van der Waals surface area contributed by atoms with E-state index in [1.54, 1.807) is 23.4 Å². The molecule has 0 atom stereocenters. The minimum atomic E-state index is -3.07. The first-order valence-electron chi connectivity index (χ1n) is 7.38. The van der Waals surface area contributed by atoms with E-state index >= 15 is 0 Å². The van der Waals surface area contributed by atoms with Gasteiger partial charge in [0, 0.05) is 25.7 Å². The molecule has 1 saturated heterocycles. The third-order valence-corrected chi connectivity index (χ3v) is 5.99. The quantitative estimate of drug-likeness (QED) is 0.905. The molecule has 0 spiro atoms. The molecule has 0 bridgehead atoms. The van der Waals surface area contributed by atoms with Crippen molar-refractivity contribution in [1.82, 2.24) is 9.62 Å². The van der Waals surface area contributed by atoms with Gasteiger partial charge in [0.05, 0.1) is 5.75 Å². The van der Waals surface area contributed by atoms with Gasteiger partial charge in [0.1, 0.15) is 5.82 Å². The number of nitrogens with one attached hydrogen (secondary N) is 1. The number of hydrogen-bond donors (Lipinski definition) is 1. The number of rotatable bonds is 5. The van der Waals surface area contributed by atoms with Crippen LogP contribution in [-0.4, -0.2) is 37.6 Å². The lowest BCUT2D eigenvalue weighted by Crippen LogP contribution is -2.45. The molecule has 118 valence electrons. The number of aryl methyl sites for hydroxylation is 1. The van der Waals surface area contributed by atoms with Crippen molar-refractivity contribution in [3.63, 3.8) is 0 Å². The Balaban J connectivity index is 1.86. The maximum Gasteiger partial charge on any atom is 0.213 e. The highest BCUT2D eigenvalue weighted by Crippen LogP contribution is 2.16. The van der Waals surface area contributed by atoms with E-state index in [2.05, 4.69) is 5.32 Å². The second-order valence-corrected chi connectivity index (χ2v) is 7.78. The molecule has 0 saturated carbocycles. The molecular formula is C15H23FN2O2S. The summed E-state index contributed by atoms with van der Waals surface area (Å²) in [6.45, 7) is 5.39. The fraction of sp³-hybridized carbons (Fsp3) is 0.600. The molecule has 0 radical (unpaired) electrons. The van der Waals surface area contributed by atoms with Gasteiger partial charge in [-0.25, -0.2) is 17.1 Å². The number of halogens is 1. The minimum Gasteiger partial charge on any atom is -0.310 e. The number of sulfonamides is 1. The highest BCUT2D eigenvalue weighted by molar-refractivity contribution is 7.89. The number of benzene rings is 1. The van der Waals surface area contributed by atoms with Crippen LogP contribution in [0.2, 0.25) is 0 Å².